The van der Waals surface area contributed by atoms with Crippen LogP contribution in [-0.2, 0) is 14.9 Å². The number of hydrogen-bond donors (Lipinski definition) is 0. The molecule has 1 aliphatic rings. The zero-order valence-corrected chi connectivity index (χ0v) is 9.78. The lowest BCUT2D eigenvalue weighted by molar-refractivity contribution is -0.144. The second-order valence-corrected chi connectivity index (χ2v) is 4.05. The monoisotopic (exact) mass is 217 g/mol. The van der Waals surface area contributed by atoms with E-state index in [1.807, 2.05) is 38.1 Å². The SMILES string of the molecule is CCC1=Nc2ccccc2[C@]1(C)C(=O)OC. The zero-order valence-electron chi connectivity index (χ0n) is 9.78. The summed E-state index contributed by atoms with van der Waals surface area (Å²) in [6, 6.07) is 7.73. The standard InChI is InChI=1S/C13H15NO2/c1-4-11-13(2,12(15)16-3)9-7-5-6-8-10(9)14-11/h5-8H,4H2,1-3H3/t13-/m0/s1. The molecule has 0 spiro atoms. The van der Waals surface area contributed by atoms with Gasteiger partial charge in [0.15, 0.2) is 0 Å². The van der Waals surface area contributed by atoms with Crippen molar-refractivity contribution in [3.63, 3.8) is 0 Å². The number of ether oxygens (including phenoxy) is 1. The Balaban J connectivity index is 2.60. The van der Waals surface area contributed by atoms with Crippen LogP contribution in [0, 0.1) is 0 Å². The van der Waals surface area contributed by atoms with Crippen molar-refractivity contribution in [3.8, 4) is 0 Å². The van der Waals surface area contributed by atoms with E-state index in [1.54, 1.807) is 0 Å². The van der Waals surface area contributed by atoms with Crippen LogP contribution in [0.4, 0.5) is 5.69 Å². The van der Waals surface area contributed by atoms with Gasteiger partial charge in [0, 0.05) is 11.3 Å². The van der Waals surface area contributed by atoms with Crippen LogP contribution in [0.2, 0.25) is 0 Å². The quantitative estimate of drug-likeness (QED) is 0.714. The van der Waals surface area contributed by atoms with E-state index in [9.17, 15) is 4.79 Å². The Labute approximate surface area is 95.2 Å². The number of carbonyl (C=O) groups is 1. The second kappa shape index (κ2) is 3.74. The maximum atomic E-state index is 12.0. The van der Waals surface area contributed by atoms with Crippen LogP contribution in [0.3, 0.4) is 0 Å². The number of esters is 1. The second-order valence-electron chi connectivity index (χ2n) is 4.05. The first-order valence-electron chi connectivity index (χ1n) is 5.40. The normalized spacial score (nSPS) is 22.6. The summed E-state index contributed by atoms with van der Waals surface area (Å²) >= 11 is 0. The van der Waals surface area contributed by atoms with Crippen LogP contribution in [0.15, 0.2) is 29.3 Å². The average Bonchev–Trinajstić information content (AvgIpc) is 2.63. The van der Waals surface area contributed by atoms with Gasteiger partial charge in [0.05, 0.1) is 12.8 Å². The van der Waals surface area contributed by atoms with E-state index >= 15 is 0 Å². The number of para-hydroxylation sites is 1. The fourth-order valence-corrected chi connectivity index (χ4v) is 2.27. The molecule has 0 aliphatic carbocycles. The van der Waals surface area contributed by atoms with Gasteiger partial charge < -0.3 is 4.74 Å². The molecule has 84 valence electrons. The Hall–Kier alpha value is -1.64. The molecule has 1 aliphatic heterocycles. The zero-order chi connectivity index (χ0) is 11.8. The van der Waals surface area contributed by atoms with Crippen molar-refractivity contribution in [3.05, 3.63) is 29.8 Å². The Kier molecular flexibility index (Phi) is 2.54. The summed E-state index contributed by atoms with van der Waals surface area (Å²) in [5, 5.41) is 0. The Morgan fingerprint density at radius 1 is 1.44 bits per heavy atom. The molecule has 0 aromatic heterocycles. The fourth-order valence-electron chi connectivity index (χ4n) is 2.27. The number of rotatable bonds is 2. The molecule has 1 aromatic carbocycles. The molecule has 0 unspecified atom stereocenters. The van der Waals surface area contributed by atoms with Gasteiger partial charge in [-0.1, -0.05) is 25.1 Å². The highest BCUT2D eigenvalue weighted by Gasteiger charge is 2.45. The van der Waals surface area contributed by atoms with E-state index < -0.39 is 5.41 Å². The van der Waals surface area contributed by atoms with Crippen LogP contribution < -0.4 is 0 Å². The summed E-state index contributed by atoms with van der Waals surface area (Å²) in [6.07, 6.45) is 0.750. The maximum Gasteiger partial charge on any atom is 0.321 e. The Bertz CT molecular complexity index is 465. The molecule has 3 nitrogen and oxygen atoms in total. The van der Waals surface area contributed by atoms with Gasteiger partial charge in [-0.25, -0.2) is 0 Å². The molecule has 0 amide bonds. The van der Waals surface area contributed by atoms with E-state index in [2.05, 4.69) is 4.99 Å². The molecular formula is C13H15NO2. The van der Waals surface area contributed by atoms with Gasteiger partial charge in [0.2, 0.25) is 0 Å². The van der Waals surface area contributed by atoms with Crippen molar-refractivity contribution in [1.82, 2.24) is 0 Å². The van der Waals surface area contributed by atoms with Gasteiger partial charge in [-0.3, -0.25) is 9.79 Å². The minimum atomic E-state index is -0.708. The van der Waals surface area contributed by atoms with E-state index in [-0.39, 0.29) is 5.97 Å². The molecular weight excluding hydrogens is 202 g/mol. The van der Waals surface area contributed by atoms with Crippen molar-refractivity contribution in [1.29, 1.82) is 0 Å². The van der Waals surface area contributed by atoms with E-state index in [0.717, 1.165) is 23.4 Å². The van der Waals surface area contributed by atoms with Gasteiger partial charge in [-0.2, -0.15) is 0 Å². The fraction of sp³-hybridized carbons (Fsp3) is 0.385. The smallest absolute Gasteiger partial charge is 0.321 e. The van der Waals surface area contributed by atoms with Crippen LogP contribution in [0.1, 0.15) is 25.8 Å². The van der Waals surface area contributed by atoms with Crippen molar-refractivity contribution in [2.45, 2.75) is 25.7 Å². The lowest BCUT2D eigenvalue weighted by atomic mass is 9.78. The molecule has 16 heavy (non-hydrogen) atoms. The summed E-state index contributed by atoms with van der Waals surface area (Å²) in [6.45, 7) is 3.89. The summed E-state index contributed by atoms with van der Waals surface area (Å²) < 4.78 is 4.91. The molecule has 0 bridgehead atoms. The number of fused-ring (bicyclic) bond motifs is 1. The van der Waals surface area contributed by atoms with Gasteiger partial charge in [-0.05, 0) is 19.4 Å². The van der Waals surface area contributed by atoms with Crippen molar-refractivity contribution in [2.24, 2.45) is 4.99 Å². The Morgan fingerprint density at radius 2 is 2.12 bits per heavy atom. The molecule has 1 atom stereocenters. The van der Waals surface area contributed by atoms with Crippen molar-refractivity contribution >= 4 is 17.4 Å². The van der Waals surface area contributed by atoms with E-state index in [0.29, 0.717) is 0 Å². The third-order valence-electron chi connectivity index (χ3n) is 3.20. The lowest BCUT2D eigenvalue weighted by Crippen LogP contribution is -2.39. The maximum absolute atomic E-state index is 12.0. The molecule has 0 saturated carbocycles. The lowest BCUT2D eigenvalue weighted by Gasteiger charge is -2.23. The number of nitrogens with zero attached hydrogens (tertiary/aromatic N) is 1. The first-order chi connectivity index (χ1) is 7.64. The minimum absolute atomic E-state index is 0.238. The number of methoxy groups -OCH3 is 1. The number of benzene rings is 1. The molecule has 0 radical (unpaired) electrons. The molecule has 1 aromatic rings. The van der Waals surface area contributed by atoms with E-state index in [4.69, 9.17) is 4.74 Å². The van der Waals surface area contributed by atoms with Crippen LogP contribution in [0.5, 0.6) is 0 Å². The van der Waals surface area contributed by atoms with Gasteiger partial charge in [0.1, 0.15) is 5.41 Å². The highest BCUT2D eigenvalue weighted by molar-refractivity contribution is 6.16. The minimum Gasteiger partial charge on any atom is -0.468 e. The summed E-state index contributed by atoms with van der Waals surface area (Å²) in [5.41, 5.74) is 1.99. The van der Waals surface area contributed by atoms with Crippen molar-refractivity contribution in [2.75, 3.05) is 7.11 Å². The number of hydrogen-bond acceptors (Lipinski definition) is 3. The van der Waals surface area contributed by atoms with Gasteiger partial charge in [0.25, 0.3) is 0 Å². The summed E-state index contributed by atoms with van der Waals surface area (Å²) in [7, 11) is 1.42. The molecule has 3 heteroatoms. The molecule has 0 fully saturated rings. The van der Waals surface area contributed by atoms with Gasteiger partial charge >= 0.3 is 5.97 Å². The number of carbonyl (C=O) groups excluding carboxylic acids is 1. The van der Waals surface area contributed by atoms with Crippen LogP contribution in [-0.4, -0.2) is 18.8 Å². The largest absolute Gasteiger partial charge is 0.468 e. The van der Waals surface area contributed by atoms with Crippen LogP contribution in [0.25, 0.3) is 0 Å². The molecule has 0 saturated heterocycles. The third-order valence-corrected chi connectivity index (χ3v) is 3.20. The highest BCUT2D eigenvalue weighted by Crippen LogP contribution is 2.41. The molecule has 0 N–H and O–H groups in total. The highest BCUT2D eigenvalue weighted by atomic mass is 16.5. The molecule has 2 rings (SSSR count). The topological polar surface area (TPSA) is 38.7 Å². The molecule has 1 heterocycles. The average molecular weight is 217 g/mol. The number of aliphatic imine (C=N–C) groups is 1. The third kappa shape index (κ3) is 1.28. The summed E-state index contributed by atoms with van der Waals surface area (Å²) in [4.78, 5) is 16.5. The predicted octanol–water partition coefficient (Wildman–Crippen LogP) is 2.61. The van der Waals surface area contributed by atoms with Crippen molar-refractivity contribution < 1.29 is 9.53 Å². The summed E-state index contributed by atoms with van der Waals surface area (Å²) in [5.74, 6) is -0.238. The predicted molar refractivity (Wildman–Crippen MR) is 63.2 cm³/mol. The Morgan fingerprint density at radius 3 is 2.75 bits per heavy atom. The van der Waals surface area contributed by atoms with Crippen LogP contribution >= 0.6 is 0 Å². The first kappa shape index (κ1) is 10.9. The van der Waals surface area contributed by atoms with Gasteiger partial charge in [-0.15, -0.1) is 0 Å². The van der Waals surface area contributed by atoms with E-state index in [1.165, 1.54) is 7.11 Å². The first-order valence-corrected chi connectivity index (χ1v) is 5.40.